The Balaban J connectivity index is 1.63. The van der Waals surface area contributed by atoms with E-state index in [2.05, 4.69) is 33.7 Å². The topological polar surface area (TPSA) is 64.1 Å². The molecule has 0 radical (unpaired) electrons. The van der Waals surface area contributed by atoms with Crippen LogP contribution in [-0.4, -0.2) is 29.0 Å². The highest BCUT2D eigenvalue weighted by molar-refractivity contribution is 7.99. The van der Waals surface area contributed by atoms with Crippen LogP contribution in [0.3, 0.4) is 0 Å². The summed E-state index contributed by atoms with van der Waals surface area (Å²) in [6.07, 6.45) is 0. The first-order valence-corrected chi connectivity index (χ1v) is 10.00. The second-order valence-corrected chi connectivity index (χ2v) is 7.69. The van der Waals surface area contributed by atoms with Crippen LogP contribution in [0.25, 0.3) is 11.3 Å². The van der Waals surface area contributed by atoms with E-state index in [4.69, 9.17) is 16.3 Å². The fourth-order valence-corrected chi connectivity index (χ4v) is 3.44. The maximum Gasteiger partial charge on any atom is 0.234 e. The van der Waals surface area contributed by atoms with Crippen molar-refractivity contribution in [2.45, 2.75) is 18.9 Å². The Kier molecular flexibility index (Phi) is 6.54. The van der Waals surface area contributed by atoms with Crippen molar-refractivity contribution >= 4 is 35.0 Å². The molecule has 0 aliphatic carbocycles. The summed E-state index contributed by atoms with van der Waals surface area (Å²) in [6, 6.07) is 15.1. The minimum Gasteiger partial charge on any atom is -0.495 e. The number of carbonyl (C=O) groups excluding carboxylic acids is 1. The zero-order valence-corrected chi connectivity index (χ0v) is 17.4. The summed E-state index contributed by atoms with van der Waals surface area (Å²) in [5.74, 6) is 0.582. The predicted molar refractivity (Wildman–Crippen MR) is 114 cm³/mol. The summed E-state index contributed by atoms with van der Waals surface area (Å²) in [7, 11) is 1.54. The van der Waals surface area contributed by atoms with Crippen LogP contribution in [0, 0.1) is 13.8 Å². The fourth-order valence-electron chi connectivity index (χ4n) is 2.66. The lowest BCUT2D eigenvalue weighted by molar-refractivity contribution is -0.113. The molecule has 0 unspecified atom stereocenters. The Hall–Kier alpha value is -2.57. The van der Waals surface area contributed by atoms with Gasteiger partial charge in [-0.05, 0) is 55.8 Å². The van der Waals surface area contributed by atoms with Crippen molar-refractivity contribution in [1.82, 2.24) is 10.2 Å². The molecular formula is C21H20ClN3O2S. The summed E-state index contributed by atoms with van der Waals surface area (Å²) in [4.78, 5) is 12.3. The number of aromatic nitrogens is 2. The van der Waals surface area contributed by atoms with Gasteiger partial charge in [-0.3, -0.25) is 4.79 Å². The van der Waals surface area contributed by atoms with Gasteiger partial charge in [0.2, 0.25) is 5.91 Å². The molecule has 0 fully saturated rings. The van der Waals surface area contributed by atoms with Gasteiger partial charge in [0.1, 0.15) is 10.8 Å². The van der Waals surface area contributed by atoms with Gasteiger partial charge in [0.05, 0.1) is 24.2 Å². The summed E-state index contributed by atoms with van der Waals surface area (Å²) >= 11 is 7.30. The van der Waals surface area contributed by atoms with Gasteiger partial charge >= 0.3 is 0 Å². The number of thioether (sulfide) groups is 1. The molecule has 144 valence electrons. The van der Waals surface area contributed by atoms with Crippen LogP contribution in [0.15, 0.2) is 53.6 Å². The van der Waals surface area contributed by atoms with Crippen LogP contribution in [0.1, 0.15) is 11.1 Å². The number of aryl methyl sites for hydroxylation is 2. The third-order valence-electron chi connectivity index (χ3n) is 4.10. The molecular weight excluding hydrogens is 394 g/mol. The van der Waals surface area contributed by atoms with Gasteiger partial charge in [0.15, 0.2) is 0 Å². The van der Waals surface area contributed by atoms with Crippen LogP contribution in [-0.2, 0) is 4.79 Å². The highest BCUT2D eigenvalue weighted by Gasteiger charge is 2.10. The highest BCUT2D eigenvalue weighted by atomic mass is 35.5. The van der Waals surface area contributed by atoms with E-state index in [-0.39, 0.29) is 11.7 Å². The normalized spacial score (nSPS) is 10.6. The van der Waals surface area contributed by atoms with E-state index in [0.717, 1.165) is 16.8 Å². The van der Waals surface area contributed by atoms with Gasteiger partial charge in [0.25, 0.3) is 0 Å². The molecule has 3 rings (SSSR count). The van der Waals surface area contributed by atoms with Crippen molar-refractivity contribution < 1.29 is 9.53 Å². The van der Waals surface area contributed by atoms with E-state index >= 15 is 0 Å². The van der Waals surface area contributed by atoms with Crippen molar-refractivity contribution in [1.29, 1.82) is 0 Å². The number of methoxy groups -OCH3 is 1. The molecule has 0 aliphatic heterocycles. The number of amides is 1. The SMILES string of the molecule is COc1ccc(Cl)cc1NC(=O)CSc1ccc(-c2cc(C)ccc2C)nn1. The van der Waals surface area contributed by atoms with Gasteiger partial charge in [-0.1, -0.05) is 41.1 Å². The fraction of sp³-hybridized carbons (Fsp3) is 0.190. The highest BCUT2D eigenvalue weighted by Crippen LogP contribution is 2.28. The average molecular weight is 414 g/mol. The third-order valence-corrected chi connectivity index (χ3v) is 5.25. The lowest BCUT2D eigenvalue weighted by Gasteiger charge is -2.10. The lowest BCUT2D eigenvalue weighted by atomic mass is 10.0. The van der Waals surface area contributed by atoms with Crippen molar-refractivity contribution in [2.24, 2.45) is 0 Å². The average Bonchev–Trinajstić information content (AvgIpc) is 2.69. The number of rotatable bonds is 6. The van der Waals surface area contributed by atoms with E-state index in [1.54, 1.807) is 25.3 Å². The molecule has 0 aliphatic rings. The number of benzene rings is 2. The molecule has 1 N–H and O–H groups in total. The van der Waals surface area contributed by atoms with Crippen molar-refractivity contribution in [3.05, 3.63) is 64.7 Å². The second kappa shape index (κ2) is 9.08. The Morgan fingerprint density at radius 1 is 1.11 bits per heavy atom. The van der Waals surface area contributed by atoms with Gasteiger partial charge in [-0.2, -0.15) is 0 Å². The quantitative estimate of drug-likeness (QED) is 0.566. The van der Waals surface area contributed by atoms with E-state index in [1.807, 2.05) is 26.0 Å². The molecule has 7 heteroatoms. The molecule has 0 spiro atoms. The van der Waals surface area contributed by atoms with Crippen LogP contribution < -0.4 is 10.1 Å². The number of nitrogens with one attached hydrogen (secondary N) is 1. The Bertz CT molecular complexity index is 993. The first-order chi connectivity index (χ1) is 13.5. The molecule has 0 atom stereocenters. The Morgan fingerprint density at radius 3 is 2.64 bits per heavy atom. The molecule has 0 bridgehead atoms. The zero-order chi connectivity index (χ0) is 20.1. The monoisotopic (exact) mass is 413 g/mol. The molecule has 1 amide bonds. The van der Waals surface area contributed by atoms with Crippen molar-refractivity contribution in [2.75, 3.05) is 18.2 Å². The number of anilines is 1. The van der Waals surface area contributed by atoms with Gasteiger partial charge in [-0.15, -0.1) is 10.2 Å². The summed E-state index contributed by atoms with van der Waals surface area (Å²) in [5, 5.41) is 12.6. The Labute approximate surface area is 173 Å². The predicted octanol–water partition coefficient (Wildman–Crippen LogP) is 5.15. The number of carbonyl (C=O) groups is 1. The van der Waals surface area contributed by atoms with Gasteiger partial charge in [-0.25, -0.2) is 0 Å². The second-order valence-electron chi connectivity index (χ2n) is 6.26. The van der Waals surface area contributed by atoms with E-state index in [0.29, 0.717) is 21.5 Å². The van der Waals surface area contributed by atoms with Crippen LogP contribution in [0.5, 0.6) is 5.75 Å². The summed E-state index contributed by atoms with van der Waals surface area (Å²) in [5.41, 5.74) is 4.74. The van der Waals surface area contributed by atoms with Crippen molar-refractivity contribution in [3.63, 3.8) is 0 Å². The van der Waals surface area contributed by atoms with E-state index in [9.17, 15) is 4.79 Å². The first kappa shape index (κ1) is 20.2. The van der Waals surface area contributed by atoms with Crippen LogP contribution in [0.2, 0.25) is 5.02 Å². The molecule has 1 aromatic heterocycles. The number of hydrogen-bond donors (Lipinski definition) is 1. The summed E-state index contributed by atoms with van der Waals surface area (Å²) in [6.45, 7) is 4.10. The van der Waals surface area contributed by atoms with E-state index < -0.39 is 0 Å². The lowest BCUT2D eigenvalue weighted by Crippen LogP contribution is -2.14. The van der Waals surface area contributed by atoms with E-state index in [1.165, 1.54) is 17.3 Å². The van der Waals surface area contributed by atoms with Crippen LogP contribution in [0.4, 0.5) is 5.69 Å². The van der Waals surface area contributed by atoms with Crippen molar-refractivity contribution in [3.8, 4) is 17.0 Å². The smallest absolute Gasteiger partial charge is 0.234 e. The molecule has 3 aromatic rings. The first-order valence-electron chi connectivity index (χ1n) is 8.64. The third kappa shape index (κ3) is 5.03. The Morgan fingerprint density at radius 2 is 1.93 bits per heavy atom. The van der Waals surface area contributed by atoms with Gasteiger partial charge in [0, 0.05) is 10.6 Å². The standard InChI is InChI=1S/C21H20ClN3O2S/c1-13-4-5-14(2)16(10-13)17-7-9-21(25-24-17)28-12-20(26)23-18-11-15(22)6-8-19(18)27-3/h4-11H,12H2,1-3H3,(H,23,26). The minimum atomic E-state index is -0.175. The van der Waals surface area contributed by atoms with Crippen LogP contribution >= 0.6 is 23.4 Å². The number of nitrogens with zero attached hydrogens (tertiary/aromatic N) is 2. The molecule has 1 heterocycles. The molecule has 5 nitrogen and oxygen atoms in total. The molecule has 0 saturated heterocycles. The maximum atomic E-state index is 12.3. The number of halogens is 1. The number of hydrogen-bond acceptors (Lipinski definition) is 5. The summed E-state index contributed by atoms with van der Waals surface area (Å²) < 4.78 is 5.23. The number of ether oxygens (including phenoxy) is 1. The largest absolute Gasteiger partial charge is 0.495 e. The molecule has 28 heavy (non-hydrogen) atoms. The zero-order valence-electron chi connectivity index (χ0n) is 15.8. The molecule has 2 aromatic carbocycles. The molecule has 0 saturated carbocycles. The maximum absolute atomic E-state index is 12.3. The minimum absolute atomic E-state index is 0.175. The van der Waals surface area contributed by atoms with Gasteiger partial charge < -0.3 is 10.1 Å².